The van der Waals surface area contributed by atoms with Crippen molar-refractivity contribution in [3.8, 4) is 11.4 Å². The summed E-state index contributed by atoms with van der Waals surface area (Å²) in [6, 6.07) is 16.9. The first-order chi connectivity index (χ1) is 15.6. The van der Waals surface area contributed by atoms with Crippen molar-refractivity contribution in [2.24, 2.45) is 5.92 Å². The monoisotopic (exact) mass is 434 g/mol. The second kappa shape index (κ2) is 10.00. The van der Waals surface area contributed by atoms with E-state index in [-0.39, 0.29) is 5.56 Å². The van der Waals surface area contributed by atoms with Gasteiger partial charge in [0, 0.05) is 31.9 Å². The first-order valence-electron chi connectivity index (χ1n) is 10.7. The number of hydrogen-bond acceptors (Lipinski definition) is 5. The number of hydrogen-bond donors (Lipinski definition) is 2. The van der Waals surface area contributed by atoms with Gasteiger partial charge in [-0.05, 0) is 42.5 Å². The van der Waals surface area contributed by atoms with Crippen LogP contribution in [0.25, 0.3) is 5.69 Å². The number of nitrogens with zero attached hydrogens (tertiary/aromatic N) is 3. The van der Waals surface area contributed by atoms with Crippen LogP contribution in [0.4, 0.5) is 10.6 Å². The zero-order valence-electron chi connectivity index (χ0n) is 17.7. The van der Waals surface area contributed by atoms with E-state index in [1.807, 2.05) is 42.5 Å². The van der Waals surface area contributed by atoms with E-state index < -0.39 is 6.09 Å². The van der Waals surface area contributed by atoms with E-state index in [2.05, 4.69) is 15.2 Å². The van der Waals surface area contributed by atoms with E-state index in [1.54, 1.807) is 18.5 Å². The molecule has 32 heavy (non-hydrogen) atoms. The van der Waals surface area contributed by atoms with Gasteiger partial charge in [-0.15, -0.1) is 0 Å². The third-order valence-corrected chi connectivity index (χ3v) is 5.59. The molecule has 3 heterocycles. The van der Waals surface area contributed by atoms with Gasteiger partial charge in [-0.25, -0.2) is 9.78 Å². The average molecular weight is 434 g/mol. The van der Waals surface area contributed by atoms with Crippen molar-refractivity contribution in [2.45, 2.75) is 19.4 Å². The van der Waals surface area contributed by atoms with Crippen LogP contribution in [0.3, 0.4) is 0 Å². The topological polar surface area (TPSA) is 96.7 Å². The van der Waals surface area contributed by atoms with E-state index in [4.69, 9.17) is 9.84 Å². The van der Waals surface area contributed by atoms with Crippen LogP contribution < -0.4 is 20.5 Å². The number of nitrogens with one attached hydrogen (secondary N) is 1. The Hall–Kier alpha value is -3.81. The highest BCUT2D eigenvalue weighted by atomic mass is 16.5. The molecule has 1 aliphatic rings. The van der Waals surface area contributed by atoms with Gasteiger partial charge in [0.25, 0.3) is 5.56 Å². The summed E-state index contributed by atoms with van der Waals surface area (Å²) in [7, 11) is 0. The molecule has 0 unspecified atom stereocenters. The molecule has 0 saturated carbocycles. The predicted molar refractivity (Wildman–Crippen MR) is 122 cm³/mol. The van der Waals surface area contributed by atoms with Crippen LogP contribution in [0.2, 0.25) is 0 Å². The van der Waals surface area contributed by atoms with Gasteiger partial charge < -0.3 is 20.1 Å². The first-order valence-corrected chi connectivity index (χ1v) is 10.7. The molecule has 2 N–H and O–H groups in total. The van der Waals surface area contributed by atoms with Crippen LogP contribution in [0.15, 0.2) is 71.8 Å². The number of rotatable bonds is 8. The maximum absolute atomic E-state index is 12.6. The van der Waals surface area contributed by atoms with Crippen LogP contribution in [-0.2, 0) is 6.61 Å². The van der Waals surface area contributed by atoms with E-state index in [0.29, 0.717) is 30.5 Å². The summed E-state index contributed by atoms with van der Waals surface area (Å²) >= 11 is 0. The van der Waals surface area contributed by atoms with Crippen LogP contribution in [-0.4, -0.2) is 40.4 Å². The van der Waals surface area contributed by atoms with Gasteiger partial charge in [-0.1, -0.05) is 30.3 Å². The van der Waals surface area contributed by atoms with Crippen molar-refractivity contribution in [1.82, 2.24) is 14.9 Å². The van der Waals surface area contributed by atoms with Gasteiger partial charge in [0.15, 0.2) is 0 Å². The van der Waals surface area contributed by atoms with Crippen molar-refractivity contribution in [1.29, 1.82) is 0 Å². The van der Waals surface area contributed by atoms with Crippen molar-refractivity contribution < 1.29 is 14.6 Å². The Kier molecular flexibility index (Phi) is 6.69. The summed E-state index contributed by atoms with van der Waals surface area (Å²) in [6.07, 6.45) is 4.23. The maximum atomic E-state index is 12.6. The summed E-state index contributed by atoms with van der Waals surface area (Å²) in [5, 5.41) is 11.1. The standard InChI is InChI=1S/C24H26N4O4/c29-23-14-21(32-17-19-4-2-1-3-5-19)10-13-28(23)20-6-7-22(26-15-20)27-12-9-18(16-27)8-11-25-24(30)31/h1-7,10,13-15,18,25H,8-9,11-12,16-17H2,(H,30,31)/t18-/m1/s1. The zero-order valence-corrected chi connectivity index (χ0v) is 17.7. The number of carbonyl (C=O) groups is 1. The van der Waals surface area contributed by atoms with Crippen LogP contribution in [0.1, 0.15) is 18.4 Å². The fourth-order valence-corrected chi connectivity index (χ4v) is 3.87. The molecule has 1 aliphatic heterocycles. The summed E-state index contributed by atoms with van der Waals surface area (Å²) in [4.78, 5) is 29.9. The molecule has 0 aliphatic carbocycles. The molecule has 4 rings (SSSR count). The second-order valence-corrected chi connectivity index (χ2v) is 7.84. The van der Waals surface area contributed by atoms with Gasteiger partial charge in [0.2, 0.25) is 0 Å². The molecule has 166 valence electrons. The minimum Gasteiger partial charge on any atom is -0.489 e. The Balaban J connectivity index is 1.35. The molecule has 1 fully saturated rings. The largest absolute Gasteiger partial charge is 0.489 e. The van der Waals surface area contributed by atoms with Crippen molar-refractivity contribution in [2.75, 3.05) is 24.5 Å². The molecule has 1 atom stereocenters. The normalized spacial score (nSPS) is 15.5. The quantitative estimate of drug-likeness (QED) is 0.565. The predicted octanol–water partition coefficient (Wildman–Crippen LogP) is 3.30. The van der Waals surface area contributed by atoms with Crippen molar-refractivity contribution >= 4 is 11.9 Å². The first kappa shape index (κ1) is 21.4. The Labute approximate surface area is 186 Å². The number of pyridine rings is 2. The summed E-state index contributed by atoms with van der Waals surface area (Å²) in [5.74, 6) is 1.83. The number of carboxylic acid groups (broad SMARTS) is 1. The van der Waals surface area contributed by atoms with Gasteiger partial charge in [0.1, 0.15) is 18.2 Å². The highest BCUT2D eigenvalue weighted by Gasteiger charge is 2.23. The Morgan fingerprint density at radius 1 is 1.19 bits per heavy atom. The summed E-state index contributed by atoms with van der Waals surface area (Å²) in [6.45, 7) is 2.61. The fraction of sp³-hybridized carbons (Fsp3) is 0.292. The molecule has 1 saturated heterocycles. The Morgan fingerprint density at radius 2 is 2.03 bits per heavy atom. The van der Waals surface area contributed by atoms with Gasteiger partial charge >= 0.3 is 6.09 Å². The zero-order chi connectivity index (χ0) is 22.3. The Morgan fingerprint density at radius 3 is 2.75 bits per heavy atom. The molecule has 2 aromatic heterocycles. The van der Waals surface area contributed by atoms with E-state index in [9.17, 15) is 9.59 Å². The lowest BCUT2D eigenvalue weighted by molar-refractivity contribution is 0.193. The SMILES string of the molecule is O=C(O)NCC[C@@H]1CCN(c2ccc(-n3ccc(OCc4ccccc4)cc3=O)cn2)C1. The molecule has 1 amide bonds. The summed E-state index contributed by atoms with van der Waals surface area (Å²) < 4.78 is 7.27. The molecule has 3 aromatic rings. The summed E-state index contributed by atoms with van der Waals surface area (Å²) in [5.41, 5.74) is 1.55. The minimum atomic E-state index is -0.983. The molecule has 8 heteroatoms. The highest BCUT2D eigenvalue weighted by Crippen LogP contribution is 2.24. The highest BCUT2D eigenvalue weighted by molar-refractivity contribution is 5.64. The van der Waals surface area contributed by atoms with Gasteiger partial charge in [0.05, 0.1) is 11.9 Å². The lowest BCUT2D eigenvalue weighted by atomic mass is 10.1. The number of amides is 1. The third-order valence-electron chi connectivity index (χ3n) is 5.59. The van der Waals surface area contributed by atoms with Crippen molar-refractivity contribution in [3.63, 3.8) is 0 Å². The van der Waals surface area contributed by atoms with E-state index in [1.165, 1.54) is 10.6 Å². The van der Waals surface area contributed by atoms with Crippen LogP contribution in [0, 0.1) is 5.92 Å². The molecule has 0 spiro atoms. The minimum absolute atomic E-state index is 0.183. The van der Waals surface area contributed by atoms with E-state index in [0.717, 1.165) is 37.3 Å². The molecular formula is C24H26N4O4. The number of anilines is 1. The van der Waals surface area contributed by atoms with Crippen LogP contribution in [0.5, 0.6) is 5.75 Å². The number of aromatic nitrogens is 2. The number of benzene rings is 1. The lowest BCUT2D eigenvalue weighted by Crippen LogP contribution is -2.25. The maximum Gasteiger partial charge on any atom is 0.404 e. The molecule has 1 aromatic carbocycles. The molecule has 0 bridgehead atoms. The lowest BCUT2D eigenvalue weighted by Gasteiger charge is -2.18. The fourth-order valence-electron chi connectivity index (χ4n) is 3.87. The molecular weight excluding hydrogens is 408 g/mol. The third kappa shape index (κ3) is 5.46. The molecule has 0 radical (unpaired) electrons. The average Bonchev–Trinajstić information content (AvgIpc) is 3.27. The second-order valence-electron chi connectivity index (χ2n) is 7.84. The Bertz CT molecular complexity index is 1100. The van der Waals surface area contributed by atoms with Crippen LogP contribution >= 0.6 is 0 Å². The molecule has 8 nitrogen and oxygen atoms in total. The van der Waals surface area contributed by atoms with E-state index >= 15 is 0 Å². The number of ether oxygens (including phenoxy) is 1. The van der Waals surface area contributed by atoms with Crippen molar-refractivity contribution in [3.05, 3.63) is 82.9 Å². The van der Waals surface area contributed by atoms with Gasteiger partial charge in [-0.3, -0.25) is 9.36 Å². The smallest absolute Gasteiger partial charge is 0.404 e. The van der Waals surface area contributed by atoms with Gasteiger partial charge in [-0.2, -0.15) is 0 Å².